The molecule has 0 radical (unpaired) electrons. The summed E-state index contributed by atoms with van der Waals surface area (Å²) in [6.45, 7) is 2.26. The number of hydrogen-bond acceptors (Lipinski definition) is 9. The predicted octanol–water partition coefficient (Wildman–Crippen LogP) is 4.39. The molecule has 3 saturated heterocycles. The zero-order valence-electron chi connectivity index (χ0n) is 24.0. The Morgan fingerprint density at radius 1 is 1.15 bits per heavy atom. The molecule has 4 heterocycles. The van der Waals surface area contributed by atoms with Gasteiger partial charge in [0.1, 0.15) is 18.2 Å². The molecule has 5 rings (SSSR count). The quantitative estimate of drug-likeness (QED) is 0.392. The number of ether oxygens (including phenoxy) is 3. The van der Waals surface area contributed by atoms with Crippen LogP contribution in [-0.4, -0.2) is 91.3 Å². The van der Waals surface area contributed by atoms with E-state index in [0.717, 1.165) is 45.1 Å². The Morgan fingerprint density at radius 2 is 1.95 bits per heavy atom. The molecule has 1 aromatic carbocycles. The summed E-state index contributed by atoms with van der Waals surface area (Å²) in [5.41, 5.74) is 1.41. The highest BCUT2D eigenvalue weighted by Gasteiger charge is 2.31. The van der Waals surface area contributed by atoms with Crippen LogP contribution in [0.4, 0.5) is 10.2 Å². The lowest BCUT2D eigenvalue weighted by molar-refractivity contribution is -0.0533. The van der Waals surface area contributed by atoms with E-state index in [2.05, 4.69) is 51.1 Å². The minimum atomic E-state index is -0.832. The summed E-state index contributed by atoms with van der Waals surface area (Å²) in [5.74, 6) is 0.274. The van der Waals surface area contributed by atoms with Gasteiger partial charge in [0.25, 0.3) is 5.91 Å². The molecule has 1 amide bonds. The van der Waals surface area contributed by atoms with Crippen LogP contribution in [0.1, 0.15) is 66.5 Å². The van der Waals surface area contributed by atoms with Crippen LogP contribution in [0.3, 0.4) is 0 Å². The number of aromatic nitrogens is 2. The normalized spacial score (nSPS) is 25.7. The van der Waals surface area contributed by atoms with Crippen molar-refractivity contribution in [3.8, 4) is 0 Å². The van der Waals surface area contributed by atoms with E-state index in [4.69, 9.17) is 14.2 Å². The Bertz CT molecular complexity index is 1130. The average molecular weight is 588 g/mol. The number of hydrogen-bond donors (Lipinski definition) is 2. The Balaban J connectivity index is 1.15. The van der Waals surface area contributed by atoms with Gasteiger partial charge in [0.05, 0.1) is 24.9 Å². The molecule has 2 unspecified atom stereocenters. The number of nitrogens with zero attached hydrogens (tertiary/aromatic N) is 3. The molecular formula is C30H42FN5O4S. The van der Waals surface area contributed by atoms with Crippen LogP contribution in [0.5, 0.6) is 0 Å². The van der Waals surface area contributed by atoms with E-state index in [9.17, 15) is 9.18 Å². The molecule has 4 atom stereocenters. The van der Waals surface area contributed by atoms with Crippen LogP contribution in [0, 0.1) is 0 Å². The molecule has 2 N–H and O–H groups in total. The fourth-order valence-corrected chi connectivity index (χ4v) is 6.35. The maximum absolute atomic E-state index is 13.7. The first-order valence-electron chi connectivity index (χ1n) is 14.7. The standard InChI is InChI=1S/C30H42FN5O4S/c1-38-27-19-39-15-12-24(27)33-21-10-13-36(14-11-21)30(37)25-16-28(35-29(17-31)34-25)32-18-22-4-3-5-26(40-22)20-6-8-23(41-2)9-7-20/h6-9,16,21-22,24,26-27,33H,3-5,10-15,17-19H2,1-2H3,(H,32,34,35)/t22-,24?,26+,27?/m1/s1. The molecule has 0 bridgehead atoms. The highest BCUT2D eigenvalue weighted by Crippen LogP contribution is 2.32. The van der Waals surface area contributed by atoms with Crippen molar-refractivity contribution in [1.82, 2.24) is 20.2 Å². The third kappa shape index (κ3) is 7.95. The largest absolute Gasteiger partial charge is 0.379 e. The van der Waals surface area contributed by atoms with Crippen LogP contribution in [0.15, 0.2) is 35.2 Å². The number of thioether (sulfide) groups is 1. The van der Waals surface area contributed by atoms with Gasteiger partial charge in [-0.3, -0.25) is 4.79 Å². The fourth-order valence-electron chi connectivity index (χ4n) is 5.94. The lowest BCUT2D eigenvalue weighted by atomic mass is 9.98. The molecule has 3 aliphatic heterocycles. The van der Waals surface area contributed by atoms with Gasteiger partial charge in [-0.1, -0.05) is 12.1 Å². The van der Waals surface area contributed by atoms with Crippen molar-refractivity contribution in [2.75, 3.05) is 51.5 Å². The van der Waals surface area contributed by atoms with Gasteiger partial charge >= 0.3 is 0 Å². The number of carbonyl (C=O) groups is 1. The van der Waals surface area contributed by atoms with Crippen molar-refractivity contribution >= 4 is 23.5 Å². The smallest absolute Gasteiger partial charge is 0.272 e. The zero-order chi connectivity index (χ0) is 28.6. The monoisotopic (exact) mass is 587 g/mol. The highest BCUT2D eigenvalue weighted by molar-refractivity contribution is 7.98. The number of likely N-dealkylation sites (tertiary alicyclic amines) is 1. The second-order valence-electron chi connectivity index (χ2n) is 11.0. The molecule has 0 aliphatic carbocycles. The van der Waals surface area contributed by atoms with E-state index in [1.54, 1.807) is 29.8 Å². The van der Waals surface area contributed by atoms with Crippen LogP contribution in [0.2, 0.25) is 0 Å². The van der Waals surface area contributed by atoms with Gasteiger partial charge < -0.3 is 29.7 Å². The van der Waals surface area contributed by atoms with Crippen molar-refractivity contribution in [3.63, 3.8) is 0 Å². The van der Waals surface area contributed by atoms with Gasteiger partial charge in [-0.15, -0.1) is 11.8 Å². The van der Waals surface area contributed by atoms with E-state index in [-0.39, 0.29) is 41.8 Å². The van der Waals surface area contributed by atoms with E-state index >= 15 is 0 Å². The maximum Gasteiger partial charge on any atom is 0.272 e. The number of alkyl halides is 1. The van der Waals surface area contributed by atoms with Crippen LogP contribution in [-0.2, 0) is 20.9 Å². The van der Waals surface area contributed by atoms with Crippen molar-refractivity contribution in [3.05, 3.63) is 47.4 Å². The second kappa shape index (κ2) is 14.7. The minimum absolute atomic E-state index is 0.00289. The van der Waals surface area contributed by atoms with E-state index in [1.807, 2.05) is 0 Å². The van der Waals surface area contributed by atoms with Crippen LogP contribution >= 0.6 is 11.8 Å². The Kier molecular flexibility index (Phi) is 10.8. The van der Waals surface area contributed by atoms with E-state index in [0.29, 0.717) is 38.1 Å². The molecule has 3 aliphatic rings. The number of nitrogens with one attached hydrogen (secondary N) is 2. The maximum atomic E-state index is 13.7. The molecule has 0 saturated carbocycles. The van der Waals surface area contributed by atoms with Crippen molar-refractivity contribution < 1.29 is 23.4 Å². The van der Waals surface area contributed by atoms with Crippen LogP contribution in [0.25, 0.3) is 0 Å². The summed E-state index contributed by atoms with van der Waals surface area (Å²) in [6.07, 6.45) is 7.75. The van der Waals surface area contributed by atoms with E-state index in [1.165, 1.54) is 10.5 Å². The molecule has 224 valence electrons. The van der Waals surface area contributed by atoms with Gasteiger partial charge in [-0.25, -0.2) is 14.4 Å². The summed E-state index contributed by atoms with van der Waals surface area (Å²) in [6, 6.07) is 10.7. The van der Waals surface area contributed by atoms with Gasteiger partial charge in [0, 0.05) is 56.4 Å². The Morgan fingerprint density at radius 3 is 2.68 bits per heavy atom. The SMILES string of the molecule is COC1COCCC1NC1CCN(C(=O)c2cc(NC[C@H]3CCC[C@@H](c4ccc(SC)cc4)O3)nc(CF)n2)CC1. The fraction of sp³-hybridized carbons (Fsp3) is 0.633. The second-order valence-corrected chi connectivity index (χ2v) is 11.9. The molecule has 41 heavy (non-hydrogen) atoms. The van der Waals surface area contributed by atoms with Gasteiger partial charge in [0.2, 0.25) is 0 Å². The highest BCUT2D eigenvalue weighted by atomic mass is 32.2. The topological polar surface area (TPSA) is 97.8 Å². The molecule has 0 spiro atoms. The van der Waals surface area contributed by atoms with Gasteiger partial charge in [-0.2, -0.15) is 0 Å². The first-order chi connectivity index (χ1) is 20.1. The average Bonchev–Trinajstić information content (AvgIpc) is 3.04. The number of amides is 1. The lowest BCUT2D eigenvalue weighted by Gasteiger charge is -2.38. The Labute approximate surface area is 246 Å². The predicted molar refractivity (Wildman–Crippen MR) is 157 cm³/mol. The lowest BCUT2D eigenvalue weighted by Crippen LogP contribution is -2.54. The third-order valence-electron chi connectivity index (χ3n) is 8.30. The molecule has 2 aromatic rings. The summed E-state index contributed by atoms with van der Waals surface area (Å²) < 4.78 is 31.2. The molecule has 3 fully saturated rings. The molecule has 11 heteroatoms. The summed E-state index contributed by atoms with van der Waals surface area (Å²) >= 11 is 1.73. The summed E-state index contributed by atoms with van der Waals surface area (Å²) in [5, 5.41) is 7.00. The van der Waals surface area contributed by atoms with Crippen molar-refractivity contribution in [1.29, 1.82) is 0 Å². The number of methoxy groups -OCH3 is 1. The number of carbonyl (C=O) groups excluding carboxylic acids is 1. The minimum Gasteiger partial charge on any atom is -0.379 e. The summed E-state index contributed by atoms with van der Waals surface area (Å²) in [7, 11) is 1.72. The molecule has 1 aromatic heterocycles. The third-order valence-corrected chi connectivity index (χ3v) is 9.04. The van der Waals surface area contributed by atoms with Gasteiger partial charge in [0.15, 0.2) is 5.82 Å². The molecular weight excluding hydrogens is 545 g/mol. The number of halogens is 1. The van der Waals surface area contributed by atoms with Crippen molar-refractivity contribution in [2.45, 2.75) is 80.5 Å². The number of benzene rings is 1. The zero-order valence-corrected chi connectivity index (χ0v) is 24.8. The Hall–Kier alpha value is -2.31. The number of rotatable bonds is 10. The first kappa shape index (κ1) is 30.2. The van der Waals surface area contributed by atoms with Gasteiger partial charge in [-0.05, 0) is 62.5 Å². The summed E-state index contributed by atoms with van der Waals surface area (Å²) in [4.78, 5) is 24.9. The van der Waals surface area contributed by atoms with E-state index < -0.39 is 6.67 Å². The molecule has 9 nitrogen and oxygen atoms in total. The first-order valence-corrected chi connectivity index (χ1v) is 15.9. The van der Waals surface area contributed by atoms with Crippen molar-refractivity contribution in [2.24, 2.45) is 0 Å². The number of piperidine rings is 1. The van der Waals surface area contributed by atoms with Crippen LogP contribution < -0.4 is 10.6 Å². The number of anilines is 1.